The Morgan fingerprint density at radius 2 is 2.07 bits per heavy atom. The van der Waals surface area contributed by atoms with Crippen LogP contribution < -0.4 is 0 Å². The van der Waals surface area contributed by atoms with Gasteiger partial charge in [-0.3, -0.25) is 0 Å². The minimum Gasteiger partial charge on any atom is -0.376 e. The molecule has 1 spiro atoms. The van der Waals surface area contributed by atoms with Crippen molar-refractivity contribution in [2.45, 2.75) is 52.1 Å². The van der Waals surface area contributed by atoms with Gasteiger partial charge < -0.3 is 9.64 Å². The number of hydrogen-bond donors (Lipinski definition) is 0. The molecule has 2 aliphatic rings. The van der Waals surface area contributed by atoms with Gasteiger partial charge in [-0.1, -0.05) is 6.92 Å². The maximum Gasteiger partial charge on any atom is 0.0632 e. The molecule has 2 heteroatoms. The van der Waals surface area contributed by atoms with Crippen molar-refractivity contribution in [1.82, 2.24) is 4.90 Å². The van der Waals surface area contributed by atoms with E-state index in [1.165, 1.54) is 45.3 Å². The molecule has 0 bridgehead atoms. The van der Waals surface area contributed by atoms with Gasteiger partial charge >= 0.3 is 0 Å². The zero-order valence-corrected chi connectivity index (χ0v) is 10.5. The van der Waals surface area contributed by atoms with Gasteiger partial charge in [-0.05, 0) is 58.0 Å². The Kier molecular flexibility index (Phi) is 3.09. The van der Waals surface area contributed by atoms with E-state index in [9.17, 15) is 0 Å². The van der Waals surface area contributed by atoms with E-state index in [1.54, 1.807) is 0 Å². The Labute approximate surface area is 94.0 Å². The van der Waals surface area contributed by atoms with Gasteiger partial charge in [-0.15, -0.1) is 0 Å². The van der Waals surface area contributed by atoms with Gasteiger partial charge in [0.15, 0.2) is 0 Å². The zero-order chi connectivity index (χ0) is 10.9. The Balaban J connectivity index is 2.05. The summed E-state index contributed by atoms with van der Waals surface area (Å²) in [4.78, 5) is 2.62. The number of likely N-dealkylation sites (tertiary alicyclic amines) is 1. The predicted octanol–water partition coefficient (Wildman–Crippen LogP) is 2.68. The van der Waals surface area contributed by atoms with Crippen molar-refractivity contribution in [3.63, 3.8) is 0 Å². The molecule has 15 heavy (non-hydrogen) atoms. The highest BCUT2D eigenvalue weighted by molar-refractivity contribution is 4.94. The van der Waals surface area contributed by atoms with E-state index in [0.29, 0.717) is 5.41 Å². The second-order valence-electron chi connectivity index (χ2n) is 6.01. The van der Waals surface area contributed by atoms with E-state index >= 15 is 0 Å². The molecule has 0 aromatic carbocycles. The lowest BCUT2D eigenvalue weighted by molar-refractivity contribution is -0.122. The van der Waals surface area contributed by atoms with Gasteiger partial charge in [-0.2, -0.15) is 0 Å². The number of ether oxygens (including phenoxy) is 1. The van der Waals surface area contributed by atoms with Gasteiger partial charge in [-0.25, -0.2) is 0 Å². The zero-order valence-electron chi connectivity index (χ0n) is 10.5. The fourth-order valence-corrected chi connectivity index (χ4v) is 3.51. The molecule has 2 rings (SSSR count). The Hall–Kier alpha value is -0.0800. The molecule has 0 aromatic rings. The summed E-state index contributed by atoms with van der Waals surface area (Å²) in [5.74, 6) is 0. The van der Waals surface area contributed by atoms with Crippen molar-refractivity contribution in [3.8, 4) is 0 Å². The summed E-state index contributed by atoms with van der Waals surface area (Å²) in [6.07, 6.45) is 5.31. The van der Waals surface area contributed by atoms with Crippen LogP contribution in [0.25, 0.3) is 0 Å². The standard InChI is InChI=1S/C13H25NO/c1-4-14-8-5-6-13(11-14)7-9-15-12(2,3)10-13/h4-11H2,1-3H3. The van der Waals surface area contributed by atoms with Crippen LogP contribution in [0.15, 0.2) is 0 Å². The summed E-state index contributed by atoms with van der Waals surface area (Å²) in [7, 11) is 0. The first-order valence-electron chi connectivity index (χ1n) is 6.42. The topological polar surface area (TPSA) is 12.5 Å². The van der Waals surface area contributed by atoms with E-state index in [2.05, 4.69) is 25.7 Å². The van der Waals surface area contributed by atoms with E-state index in [-0.39, 0.29) is 5.60 Å². The molecule has 0 aliphatic carbocycles. The van der Waals surface area contributed by atoms with Crippen LogP contribution in [-0.2, 0) is 4.74 Å². The molecule has 2 nitrogen and oxygen atoms in total. The second-order valence-corrected chi connectivity index (χ2v) is 6.01. The van der Waals surface area contributed by atoms with Crippen LogP contribution in [0.3, 0.4) is 0 Å². The molecule has 0 aromatic heterocycles. The van der Waals surface area contributed by atoms with Gasteiger partial charge in [0.05, 0.1) is 5.60 Å². The minimum absolute atomic E-state index is 0.106. The first-order chi connectivity index (χ1) is 7.05. The monoisotopic (exact) mass is 211 g/mol. The summed E-state index contributed by atoms with van der Waals surface area (Å²) >= 11 is 0. The molecule has 2 fully saturated rings. The van der Waals surface area contributed by atoms with Crippen molar-refractivity contribution in [1.29, 1.82) is 0 Å². The predicted molar refractivity (Wildman–Crippen MR) is 63.0 cm³/mol. The molecule has 0 N–H and O–H groups in total. The van der Waals surface area contributed by atoms with E-state index in [1.807, 2.05) is 0 Å². The van der Waals surface area contributed by atoms with Crippen LogP contribution >= 0.6 is 0 Å². The lowest BCUT2D eigenvalue weighted by Crippen LogP contribution is -2.50. The number of hydrogen-bond acceptors (Lipinski definition) is 2. The molecular formula is C13H25NO. The van der Waals surface area contributed by atoms with E-state index < -0.39 is 0 Å². The van der Waals surface area contributed by atoms with Crippen molar-refractivity contribution < 1.29 is 4.74 Å². The third kappa shape index (κ3) is 2.54. The number of piperidine rings is 1. The van der Waals surface area contributed by atoms with Crippen molar-refractivity contribution >= 4 is 0 Å². The SMILES string of the molecule is CCN1CCCC2(CCOC(C)(C)C2)C1. The summed E-state index contributed by atoms with van der Waals surface area (Å²) in [5.41, 5.74) is 0.672. The van der Waals surface area contributed by atoms with Gasteiger partial charge in [0.1, 0.15) is 0 Å². The molecular weight excluding hydrogens is 186 g/mol. The highest BCUT2D eigenvalue weighted by Gasteiger charge is 2.42. The van der Waals surface area contributed by atoms with Gasteiger partial charge in [0.2, 0.25) is 0 Å². The molecule has 2 aliphatic heterocycles. The molecule has 0 saturated carbocycles. The Bertz CT molecular complexity index is 223. The van der Waals surface area contributed by atoms with Gasteiger partial charge in [0, 0.05) is 13.2 Å². The third-order valence-electron chi connectivity index (χ3n) is 4.11. The smallest absolute Gasteiger partial charge is 0.0632 e. The van der Waals surface area contributed by atoms with Crippen LogP contribution in [0.2, 0.25) is 0 Å². The molecule has 1 unspecified atom stereocenters. The molecule has 2 heterocycles. The second kappa shape index (κ2) is 4.06. The maximum absolute atomic E-state index is 5.84. The summed E-state index contributed by atoms with van der Waals surface area (Å²) < 4.78 is 5.84. The van der Waals surface area contributed by atoms with E-state index in [0.717, 1.165) is 6.61 Å². The highest BCUT2D eigenvalue weighted by atomic mass is 16.5. The number of rotatable bonds is 1. The van der Waals surface area contributed by atoms with Crippen molar-refractivity contribution in [2.75, 3.05) is 26.2 Å². The average Bonchev–Trinajstić information content (AvgIpc) is 2.15. The van der Waals surface area contributed by atoms with Crippen LogP contribution in [0.5, 0.6) is 0 Å². The van der Waals surface area contributed by atoms with Crippen LogP contribution in [0, 0.1) is 5.41 Å². The molecule has 0 amide bonds. The van der Waals surface area contributed by atoms with Crippen LogP contribution in [0.4, 0.5) is 0 Å². The largest absolute Gasteiger partial charge is 0.376 e. The molecule has 0 radical (unpaired) electrons. The van der Waals surface area contributed by atoms with Crippen LogP contribution in [0.1, 0.15) is 46.5 Å². The highest BCUT2D eigenvalue weighted by Crippen LogP contribution is 2.44. The summed E-state index contributed by atoms with van der Waals surface area (Å²) in [5, 5.41) is 0. The van der Waals surface area contributed by atoms with Gasteiger partial charge in [0.25, 0.3) is 0 Å². The average molecular weight is 211 g/mol. The maximum atomic E-state index is 5.84. The Morgan fingerprint density at radius 1 is 1.27 bits per heavy atom. The van der Waals surface area contributed by atoms with Crippen molar-refractivity contribution in [2.24, 2.45) is 5.41 Å². The lowest BCUT2D eigenvalue weighted by atomic mass is 9.69. The summed E-state index contributed by atoms with van der Waals surface area (Å²) in [6.45, 7) is 11.6. The summed E-state index contributed by atoms with van der Waals surface area (Å²) in [6, 6.07) is 0. The third-order valence-corrected chi connectivity index (χ3v) is 4.11. The first kappa shape index (κ1) is 11.4. The fraction of sp³-hybridized carbons (Fsp3) is 1.00. The van der Waals surface area contributed by atoms with E-state index in [4.69, 9.17) is 4.74 Å². The van der Waals surface area contributed by atoms with Crippen LogP contribution in [-0.4, -0.2) is 36.7 Å². The first-order valence-corrected chi connectivity index (χ1v) is 6.42. The molecule has 1 atom stereocenters. The normalized spacial score (nSPS) is 37.0. The fourth-order valence-electron chi connectivity index (χ4n) is 3.51. The lowest BCUT2D eigenvalue weighted by Gasteiger charge is -2.49. The van der Waals surface area contributed by atoms with Crippen molar-refractivity contribution in [3.05, 3.63) is 0 Å². The minimum atomic E-state index is 0.106. The molecule has 88 valence electrons. The quantitative estimate of drug-likeness (QED) is 0.661. The number of nitrogens with zero attached hydrogens (tertiary/aromatic N) is 1. The Morgan fingerprint density at radius 3 is 2.73 bits per heavy atom. The molecule has 2 saturated heterocycles.